The minimum atomic E-state index is -0.00391. The Morgan fingerprint density at radius 3 is 2.33 bits per heavy atom. The van der Waals surface area contributed by atoms with E-state index in [1.807, 2.05) is 48.5 Å². The molecule has 0 aromatic heterocycles. The van der Waals surface area contributed by atoms with Gasteiger partial charge in [0.25, 0.3) is 0 Å². The largest absolute Gasteiger partial charge is 0.457 e. The van der Waals surface area contributed by atoms with Crippen LogP contribution in [0.1, 0.15) is 18.4 Å². The number of benzene rings is 2. The molecule has 18 heavy (non-hydrogen) atoms. The molecule has 0 saturated heterocycles. The van der Waals surface area contributed by atoms with E-state index >= 15 is 0 Å². The van der Waals surface area contributed by atoms with Crippen molar-refractivity contribution in [2.45, 2.75) is 18.3 Å². The first kappa shape index (κ1) is 11.3. The first-order chi connectivity index (χ1) is 8.82. The highest BCUT2D eigenvalue weighted by molar-refractivity contribution is 5.39. The summed E-state index contributed by atoms with van der Waals surface area (Å²) in [5, 5.41) is 9.45. The molecule has 3 rings (SSSR count). The van der Waals surface area contributed by atoms with E-state index in [0.29, 0.717) is 0 Å². The van der Waals surface area contributed by atoms with Crippen molar-refractivity contribution in [1.29, 1.82) is 0 Å². The molecule has 2 aromatic carbocycles. The zero-order chi connectivity index (χ0) is 12.4. The molecule has 0 bridgehead atoms. The number of aliphatic hydroxyl groups excluding tert-OH is 1. The summed E-state index contributed by atoms with van der Waals surface area (Å²) in [6, 6.07) is 17.8. The monoisotopic (exact) mass is 240 g/mol. The average Bonchev–Trinajstić information content (AvgIpc) is 3.21. The van der Waals surface area contributed by atoms with E-state index in [0.717, 1.165) is 24.3 Å². The fourth-order valence-corrected chi connectivity index (χ4v) is 2.20. The van der Waals surface area contributed by atoms with Crippen LogP contribution in [-0.4, -0.2) is 11.7 Å². The molecule has 2 aromatic rings. The van der Waals surface area contributed by atoms with Crippen molar-refractivity contribution < 1.29 is 9.84 Å². The topological polar surface area (TPSA) is 29.5 Å². The molecule has 2 nitrogen and oxygen atoms in total. The number of ether oxygens (including phenoxy) is 1. The van der Waals surface area contributed by atoms with Crippen LogP contribution in [0.4, 0.5) is 0 Å². The Kier molecular flexibility index (Phi) is 2.80. The normalized spacial score (nSPS) is 16.3. The molecule has 1 saturated carbocycles. The fourth-order valence-electron chi connectivity index (χ4n) is 2.20. The zero-order valence-electron chi connectivity index (χ0n) is 10.2. The first-order valence-electron chi connectivity index (χ1n) is 6.27. The number of hydrogen-bond acceptors (Lipinski definition) is 2. The molecule has 92 valence electrons. The lowest BCUT2D eigenvalue weighted by atomic mass is 9.97. The number of hydrogen-bond donors (Lipinski definition) is 1. The second-order valence-corrected chi connectivity index (χ2v) is 4.88. The summed E-state index contributed by atoms with van der Waals surface area (Å²) in [4.78, 5) is 0. The first-order valence-corrected chi connectivity index (χ1v) is 6.27. The summed E-state index contributed by atoms with van der Waals surface area (Å²) in [6.07, 6.45) is 2.14. The maximum Gasteiger partial charge on any atom is 0.127 e. The van der Waals surface area contributed by atoms with Gasteiger partial charge in [-0.15, -0.1) is 0 Å². The highest BCUT2D eigenvalue weighted by Gasteiger charge is 2.43. The van der Waals surface area contributed by atoms with Crippen LogP contribution in [0, 0.1) is 0 Å². The molecule has 1 N–H and O–H groups in total. The van der Waals surface area contributed by atoms with E-state index in [9.17, 15) is 5.11 Å². The molecule has 1 aliphatic rings. The van der Waals surface area contributed by atoms with Gasteiger partial charge in [-0.1, -0.05) is 30.3 Å². The van der Waals surface area contributed by atoms with Gasteiger partial charge in [0.05, 0.1) is 6.61 Å². The maximum absolute atomic E-state index is 9.45. The Morgan fingerprint density at radius 2 is 1.67 bits per heavy atom. The molecular formula is C16H16O2. The molecule has 0 spiro atoms. The van der Waals surface area contributed by atoms with Crippen molar-refractivity contribution in [1.82, 2.24) is 0 Å². The van der Waals surface area contributed by atoms with Crippen LogP contribution >= 0.6 is 0 Å². The van der Waals surface area contributed by atoms with Crippen molar-refractivity contribution in [3.63, 3.8) is 0 Å². The highest BCUT2D eigenvalue weighted by Crippen LogP contribution is 2.48. The van der Waals surface area contributed by atoms with Crippen molar-refractivity contribution in [3.05, 3.63) is 60.2 Å². The van der Waals surface area contributed by atoms with Crippen molar-refractivity contribution >= 4 is 0 Å². The molecule has 0 heterocycles. The van der Waals surface area contributed by atoms with Gasteiger partial charge >= 0.3 is 0 Å². The summed E-state index contributed by atoms with van der Waals surface area (Å²) >= 11 is 0. The van der Waals surface area contributed by atoms with Crippen LogP contribution in [0.15, 0.2) is 54.6 Å². The summed E-state index contributed by atoms with van der Waals surface area (Å²) in [6.45, 7) is 0.224. The van der Waals surface area contributed by atoms with Crippen LogP contribution in [0.5, 0.6) is 11.5 Å². The Bertz CT molecular complexity index is 530. The Morgan fingerprint density at radius 1 is 0.944 bits per heavy atom. The van der Waals surface area contributed by atoms with Gasteiger partial charge in [0.2, 0.25) is 0 Å². The quantitative estimate of drug-likeness (QED) is 0.886. The molecule has 0 atom stereocenters. The lowest BCUT2D eigenvalue weighted by molar-refractivity contribution is 0.255. The second-order valence-electron chi connectivity index (χ2n) is 4.88. The molecule has 0 amide bonds. The molecule has 2 heteroatoms. The number of para-hydroxylation sites is 1. The van der Waals surface area contributed by atoms with E-state index in [1.165, 1.54) is 5.56 Å². The summed E-state index contributed by atoms with van der Waals surface area (Å²) < 4.78 is 5.80. The van der Waals surface area contributed by atoms with Gasteiger partial charge in [-0.2, -0.15) is 0 Å². The van der Waals surface area contributed by atoms with Crippen LogP contribution in [0.3, 0.4) is 0 Å². The SMILES string of the molecule is OCC1(c2cccc(Oc3ccccc3)c2)CC1. The van der Waals surface area contributed by atoms with Crippen LogP contribution in [0.2, 0.25) is 0 Å². The van der Waals surface area contributed by atoms with Gasteiger partial charge in [-0.25, -0.2) is 0 Å². The third kappa shape index (κ3) is 2.12. The van der Waals surface area contributed by atoms with Gasteiger partial charge in [0, 0.05) is 5.41 Å². The number of aliphatic hydroxyl groups is 1. The smallest absolute Gasteiger partial charge is 0.127 e. The third-order valence-electron chi connectivity index (χ3n) is 3.58. The van der Waals surface area contributed by atoms with Gasteiger partial charge in [-0.05, 0) is 42.7 Å². The lowest BCUT2D eigenvalue weighted by Gasteiger charge is -2.13. The molecule has 1 aliphatic carbocycles. The van der Waals surface area contributed by atoms with E-state index in [-0.39, 0.29) is 12.0 Å². The minimum absolute atomic E-state index is 0.00391. The predicted molar refractivity (Wildman–Crippen MR) is 71.0 cm³/mol. The summed E-state index contributed by atoms with van der Waals surface area (Å²) in [7, 11) is 0. The predicted octanol–water partition coefficient (Wildman–Crippen LogP) is 3.50. The van der Waals surface area contributed by atoms with E-state index in [4.69, 9.17) is 4.74 Å². The molecule has 0 aliphatic heterocycles. The standard InChI is InChI=1S/C16H16O2/c17-12-16(9-10-16)13-5-4-8-15(11-13)18-14-6-2-1-3-7-14/h1-8,11,17H,9-10,12H2. The summed E-state index contributed by atoms with van der Waals surface area (Å²) in [5.74, 6) is 1.67. The van der Waals surface area contributed by atoms with Crippen molar-refractivity contribution in [2.24, 2.45) is 0 Å². The van der Waals surface area contributed by atoms with E-state index in [1.54, 1.807) is 0 Å². The fraction of sp³-hybridized carbons (Fsp3) is 0.250. The van der Waals surface area contributed by atoms with E-state index < -0.39 is 0 Å². The van der Waals surface area contributed by atoms with Crippen LogP contribution < -0.4 is 4.74 Å². The van der Waals surface area contributed by atoms with Gasteiger partial charge in [0.1, 0.15) is 11.5 Å². The maximum atomic E-state index is 9.45. The zero-order valence-corrected chi connectivity index (χ0v) is 10.2. The molecular weight excluding hydrogens is 224 g/mol. The van der Waals surface area contributed by atoms with Crippen molar-refractivity contribution in [2.75, 3.05) is 6.61 Å². The lowest BCUT2D eigenvalue weighted by Crippen LogP contribution is -2.11. The van der Waals surface area contributed by atoms with Gasteiger partial charge in [0.15, 0.2) is 0 Å². The second kappa shape index (κ2) is 4.46. The minimum Gasteiger partial charge on any atom is -0.457 e. The number of rotatable bonds is 4. The Balaban J connectivity index is 1.84. The van der Waals surface area contributed by atoms with Gasteiger partial charge in [-0.3, -0.25) is 0 Å². The highest BCUT2D eigenvalue weighted by atomic mass is 16.5. The Hall–Kier alpha value is -1.80. The molecule has 0 unspecified atom stereocenters. The molecule has 0 radical (unpaired) electrons. The average molecular weight is 240 g/mol. The van der Waals surface area contributed by atoms with Crippen molar-refractivity contribution in [3.8, 4) is 11.5 Å². The van der Waals surface area contributed by atoms with Crippen LogP contribution in [0.25, 0.3) is 0 Å². The summed E-state index contributed by atoms with van der Waals surface area (Å²) in [5.41, 5.74) is 1.18. The third-order valence-corrected chi connectivity index (χ3v) is 3.58. The van der Waals surface area contributed by atoms with Crippen LogP contribution in [-0.2, 0) is 5.41 Å². The van der Waals surface area contributed by atoms with E-state index in [2.05, 4.69) is 6.07 Å². The van der Waals surface area contributed by atoms with Gasteiger partial charge < -0.3 is 9.84 Å². The molecule has 1 fully saturated rings. The Labute approximate surface area is 107 Å².